The second-order valence-corrected chi connectivity index (χ2v) is 5.05. The summed E-state index contributed by atoms with van der Waals surface area (Å²) in [4.78, 5) is 15.6. The summed E-state index contributed by atoms with van der Waals surface area (Å²) in [5.74, 6) is 0.251. The van der Waals surface area contributed by atoms with E-state index in [1.54, 1.807) is 19.2 Å². The van der Waals surface area contributed by atoms with Gasteiger partial charge in [-0.2, -0.15) is 0 Å². The number of hydrogen-bond acceptors (Lipinski definition) is 4. The molecule has 1 amide bonds. The van der Waals surface area contributed by atoms with E-state index >= 15 is 0 Å². The Bertz CT molecular complexity index is 591. The van der Waals surface area contributed by atoms with Gasteiger partial charge < -0.3 is 16.4 Å². The first kappa shape index (κ1) is 15.0. The number of aryl methyl sites for hydroxylation is 1. The van der Waals surface area contributed by atoms with Gasteiger partial charge in [-0.15, -0.1) is 0 Å². The van der Waals surface area contributed by atoms with E-state index in [-0.39, 0.29) is 5.91 Å². The molecule has 2 aromatic rings. The van der Waals surface area contributed by atoms with E-state index in [2.05, 4.69) is 46.8 Å². The van der Waals surface area contributed by atoms with Crippen LogP contribution in [-0.2, 0) is 11.3 Å². The maximum absolute atomic E-state index is 11.4. The Morgan fingerprint density at radius 3 is 2.52 bits per heavy atom. The number of rotatable bonds is 5. The molecular formula is C16H20N4O. The second kappa shape index (κ2) is 6.85. The van der Waals surface area contributed by atoms with E-state index in [0.717, 1.165) is 12.2 Å². The number of nitrogens with zero attached hydrogens (tertiary/aromatic N) is 1. The van der Waals surface area contributed by atoms with Crippen LogP contribution < -0.4 is 16.4 Å². The predicted octanol–water partition coefficient (Wildman–Crippen LogP) is 2.29. The number of pyridine rings is 1. The van der Waals surface area contributed by atoms with Gasteiger partial charge in [-0.05, 0) is 31.5 Å². The highest BCUT2D eigenvalue weighted by Crippen LogP contribution is 2.12. The summed E-state index contributed by atoms with van der Waals surface area (Å²) in [5.41, 5.74) is 8.83. The molecule has 1 unspecified atom stereocenters. The zero-order valence-electron chi connectivity index (χ0n) is 12.3. The molecule has 0 aliphatic rings. The monoisotopic (exact) mass is 284 g/mol. The fourth-order valence-corrected chi connectivity index (χ4v) is 1.72. The highest BCUT2D eigenvalue weighted by atomic mass is 16.2. The third kappa shape index (κ3) is 4.57. The van der Waals surface area contributed by atoms with Gasteiger partial charge in [0.15, 0.2) is 0 Å². The highest BCUT2D eigenvalue weighted by Gasteiger charge is 2.07. The molecule has 0 bridgehead atoms. The largest absolute Gasteiger partial charge is 0.380 e. The topological polar surface area (TPSA) is 80.0 Å². The summed E-state index contributed by atoms with van der Waals surface area (Å²) in [6.45, 7) is 4.43. The molecule has 110 valence electrons. The average molecular weight is 284 g/mol. The molecule has 2 rings (SSSR count). The van der Waals surface area contributed by atoms with Gasteiger partial charge in [0.05, 0.1) is 17.9 Å². The Balaban J connectivity index is 1.90. The minimum Gasteiger partial charge on any atom is -0.380 e. The number of carbonyl (C=O) groups is 1. The summed E-state index contributed by atoms with van der Waals surface area (Å²) in [6, 6.07) is 11.4. The van der Waals surface area contributed by atoms with Gasteiger partial charge in [0, 0.05) is 6.54 Å². The lowest BCUT2D eigenvalue weighted by atomic mass is 10.1. The molecule has 0 saturated heterocycles. The van der Waals surface area contributed by atoms with Crippen LogP contribution in [0.5, 0.6) is 0 Å². The number of benzene rings is 1. The molecule has 1 heterocycles. The van der Waals surface area contributed by atoms with Crippen molar-refractivity contribution in [2.75, 3.05) is 10.6 Å². The van der Waals surface area contributed by atoms with Crippen molar-refractivity contribution in [1.29, 1.82) is 0 Å². The van der Waals surface area contributed by atoms with Crippen LogP contribution in [0.1, 0.15) is 18.1 Å². The molecular weight excluding hydrogens is 264 g/mol. The fourth-order valence-electron chi connectivity index (χ4n) is 1.72. The van der Waals surface area contributed by atoms with E-state index in [1.165, 1.54) is 11.1 Å². The van der Waals surface area contributed by atoms with Crippen molar-refractivity contribution in [1.82, 2.24) is 4.98 Å². The van der Waals surface area contributed by atoms with Crippen molar-refractivity contribution in [2.24, 2.45) is 5.73 Å². The van der Waals surface area contributed by atoms with Crippen LogP contribution in [0.25, 0.3) is 0 Å². The van der Waals surface area contributed by atoms with Gasteiger partial charge in [0.2, 0.25) is 5.91 Å². The SMILES string of the molecule is Cc1ccc(CNc2ccc(NC(=O)C(C)N)nc2)cc1. The van der Waals surface area contributed by atoms with E-state index < -0.39 is 6.04 Å². The summed E-state index contributed by atoms with van der Waals surface area (Å²) in [5, 5.41) is 5.93. The Kier molecular flexibility index (Phi) is 4.90. The van der Waals surface area contributed by atoms with Crippen molar-refractivity contribution >= 4 is 17.4 Å². The number of nitrogens with one attached hydrogen (secondary N) is 2. The van der Waals surface area contributed by atoms with Crippen molar-refractivity contribution in [3.05, 3.63) is 53.7 Å². The summed E-state index contributed by atoms with van der Waals surface area (Å²) < 4.78 is 0. The number of amides is 1. The smallest absolute Gasteiger partial charge is 0.242 e. The highest BCUT2D eigenvalue weighted by molar-refractivity contribution is 5.93. The second-order valence-electron chi connectivity index (χ2n) is 5.05. The summed E-state index contributed by atoms with van der Waals surface area (Å²) in [6.07, 6.45) is 1.69. The summed E-state index contributed by atoms with van der Waals surface area (Å²) >= 11 is 0. The molecule has 4 N–H and O–H groups in total. The van der Waals surface area contributed by atoms with Gasteiger partial charge in [0.1, 0.15) is 5.82 Å². The van der Waals surface area contributed by atoms with Gasteiger partial charge in [-0.25, -0.2) is 4.98 Å². The lowest BCUT2D eigenvalue weighted by Crippen LogP contribution is -2.32. The Morgan fingerprint density at radius 1 is 1.24 bits per heavy atom. The van der Waals surface area contributed by atoms with Gasteiger partial charge in [-0.3, -0.25) is 4.79 Å². The normalized spacial score (nSPS) is 11.8. The maximum atomic E-state index is 11.4. The van der Waals surface area contributed by atoms with E-state index in [1.807, 2.05) is 6.07 Å². The molecule has 0 radical (unpaired) electrons. The quantitative estimate of drug-likeness (QED) is 0.787. The fraction of sp³-hybridized carbons (Fsp3) is 0.250. The van der Waals surface area contributed by atoms with E-state index in [0.29, 0.717) is 5.82 Å². The molecule has 0 spiro atoms. The number of aromatic nitrogens is 1. The molecule has 1 atom stereocenters. The van der Waals surface area contributed by atoms with Crippen LogP contribution in [0.3, 0.4) is 0 Å². The third-order valence-electron chi connectivity index (χ3n) is 3.05. The molecule has 1 aromatic carbocycles. The average Bonchev–Trinajstić information content (AvgIpc) is 2.48. The molecule has 0 saturated carbocycles. The maximum Gasteiger partial charge on any atom is 0.242 e. The van der Waals surface area contributed by atoms with E-state index in [4.69, 9.17) is 5.73 Å². The standard InChI is InChI=1S/C16H20N4O/c1-11-3-5-13(6-4-11)9-18-14-7-8-15(19-10-14)20-16(21)12(2)17/h3-8,10,12,18H,9,17H2,1-2H3,(H,19,20,21). The van der Waals surface area contributed by atoms with E-state index in [9.17, 15) is 4.79 Å². The minimum absolute atomic E-state index is 0.247. The molecule has 0 aliphatic carbocycles. The Morgan fingerprint density at radius 2 is 1.95 bits per heavy atom. The first-order valence-electron chi connectivity index (χ1n) is 6.86. The number of hydrogen-bond donors (Lipinski definition) is 3. The van der Waals surface area contributed by atoms with Crippen molar-refractivity contribution in [3.63, 3.8) is 0 Å². The van der Waals surface area contributed by atoms with Gasteiger partial charge in [-0.1, -0.05) is 29.8 Å². The summed E-state index contributed by atoms with van der Waals surface area (Å²) in [7, 11) is 0. The molecule has 0 aliphatic heterocycles. The first-order chi connectivity index (χ1) is 10.0. The van der Waals surface area contributed by atoms with Crippen LogP contribution in [0.15, 0.2) is 42.6 Å². The minimum atomic E-state index is -0.550. The molecule has 0 fully saturated rings. The zero-order valence-corrected chi connectivity index (χ0v) is 12.3. The van der Waals surface area contributed by atoms with Crippen LogP contribution in [0.2, 0.25) is 0 Å². The van der Waals surface area contributed by atoms with Crippen LogP contribution in [0.4, 0.5) is 11.5 Å². The molecule has 1 aromatic heterocycles. The first-order valence-corrected chi connectivity index (χ1v) is 6.86. The number of carbonyl (C=O) groups excluding carboxylic acids is 1. The van der Waals surface area contributed by atoms with Crippen molar-refractivity contribution < 1.29 is 4.79 Å². The van der Waals surface area contributed by atoms with Crippen LogP contribution >= 0.6 is 0 Å². The Labute approximate surface area is 124 Å². The molecule has 5 nitrogen and oxygen atoms in total. The van der Waals surface area contributed by atoms with Crippen LogP contribution in [0, 0.1) is 6.92 Å². The zero-order chi connectivity index (χ0) is 15.2. The van der Waals surface area contributed by atoms with Crippen LogP contribution in [-0.4, -0.2) is 16.9 Å². The lowest BCUT2D eigenvalue weighted by Gasteiger charge is -2.09. The molecule has 5 heteroatoms. The van der Waals surface area contributed by atoms with Crippen molar-refractivity contribution in [3.8, 4) is 0 Å². The lowest BCUT2D eigenvalue weighted by molar-refractivity contribution is -0.117. The number of anilines is 2. The van der Waals surface area contributed by atoms with Gasteiger partial charge in [0.25, 0.3) is 0 Å². The Hall–Kier alpha value is -2.40. The van der Waals surface area contributed by atoms with Gasteiger partial charge >= 0.3 is 0 Å². The number of nitrogens with two attached hydrogens (primary N) is 1. The third-order valence-corrected chi connectivity index (χ3v) is 3.05. The predicted molar refractivity (Wildman–Crippen MR) is 85.0 cm³/mol. The van der Waals surface area contributed by atoms with Crippen molar-refractivity contribution in [2.45, 2.75) is 26.4 Å². The molecule has 21 heavy (non-hydrogen) atoms.